The topological polar surface area (TPSA) is 112 Å². The predicted octanol–water partition coefficient (Wildman–Crippen LogP) is 3.17. The van der Waals surface area contributed by atoms with Crippen LogP contribution in [-0.4, -0.2) is 58.1 Å². The van der Waals surface area contributed by atoms with E-state index in [-0.39, 0.29) is 34.7 Å². The Bertz CT molecular complexity index is 1550. The Morgan fingerprint density at radius 3 is 2.14 bits per heavy atom. The monoisotopic (exact) mass is 513 g/mol. The number of benzene rings is 2. The number of aryl methyl sites for hydroxylation is 2. The number of ether oxygens (including phenoxy) is 3. The first-order valence-corrected chi connectivity index (χ1v) is 13.3. The highest BCUT2D eigenvalue weighted by molar-refractivity contribution is 7.91. The molecular formula is C26H27NO8S. The highest BCUT2D eigenvalue weighted by Crippen LogP contribution is 2.46. The van der Waals surface area contributed by atoms with Gasteiger partial charge in [-0.05, 0) is 61.2 Å². The summed E-state index contributed by atoms with van der Waals surface area (Å²) in [5.74, 6) is 0.273. The van der Waals surface area contributed by atoms with E-state index >= 15 is 0 Å². The number of fused-ring (bicyclic) bond motifs is 2. The second-order valence-corrected chi connectivity index (χ2v) is 11.5. The average molecular weight is 514 g/mol. The molecule has 0 radical (unpaired) electrons. The van der Waals surface area contributed by atoms with Crippen LogP contribution >= 0.6 is 0 Å². The molecule has 3 aromatic rings. The molecule has 2 atom stereocenters. The number of rotatable bonds is 5. The van der Waals surface area contributed by atoms with Crippen molar-refractivity contribution in [3.05, 3.63) is 62.5 Å². The van der Waals surface area contributed by atoms with Gasteiger partial charge in [0.25, 0.3) is 5.91 Å². The molecule has 5 rings (SSSR count). The van der Waals surface area contributed by atoms with Gasteiger partial charge in [0.15, 0.2) is 26.8 Å². The maximum atomic E-state index is 13.9. The molecule has 3 heterocycles. The first-order valence-electron chi connectivity index (χ1n) is 11.5. The maximum Gasteiger partial charge on any atom is 0.291 e. The molecule has 2 unspecified atom stereocenters. The van der Waals surface area contributed by atoms with Crippen molar-refractivity contribution >= 4 is 26.7 Å². The molecule has 0 spiro atoms. The molecule has 1 amide bonds. The zero-order valence-corrected chi connectivity index (χ0v) is 21.5. The minimum atomic E-state index is -3.32. The van der Waals surface area contributed by atoms with Crippen molar-refractivity contribution in [2.24, 2.45) is 0 Å². The fraction of sp³-hybridized carbons (Fsp3) is 0.385. The summed E-state index contributed by atoms with van der Waals surface area (Å²) < 4.78 is 47.2. The quantitative estimate of drug-likeness (QED) is 0.511. The lowest BCUT2D eigenvalue weighted by atomic mass is 9.96. The standard InChI is InChI=1S/C26H27NO8S/c1-13-8-17-18(9-14(13)2)35-25-21(23(17)28)22(27(26(25)29)16-6-7-36(30,31)12-16)15-10-19(32-3)24(34-5)20(11-15)33-4/h8-11,16,22H,6-7,12H2,1-5H3. The molecule has 0 saturated carbocycles. The molecule has 0 aliphatic carbocycles. The number of nitrogens with zero attached hydrogens (tertiary/aromatic N) is 1. The fourth-order valence-corrected chi connectivity index (χ4v) is 6.91. The van der Waals surface area contributed by atoms with Crippen LogP contribution in [0.4, 0.5) is 0 Å². The summed E-state index contributed by atoms with van der Waals surface area (Å²) in [6.07, 6.45) is 0.273. The van der Waals surface area contributed by atoms with Crippen LogP contribution in [0.15, 0.2) is 33.5 Å². The lowest BCUT2D eigenvalue weighted by Gasteiger charge is -2.30. The van der Waals surface area contributed by atoms with Crippen LogP contribution < -0.4 is 19.6 Å². The molecule has 2 aliphatic heterocycles. The lowest BCUT2D eigenvalue weighted by molar-refractivity contribution is 0.0662. The number of sulfone groups is 1. The van der Waals surface area contributed by atoms with Gasteiger partial charge in [-0.1, -0.05) is 0 Å². The molecule has 36 heavy (non-hydrogen) atoms. The minimum absolute atomic E-state index is 0.0263. The van der Waals surface area contributed by atoms with Crippen LogP contribution in [0.1, 0.15) is 45.3 Å². The Labute approximate surface area is 208 Å². The van der Waals surface area contributed by atoms with Crippen molar-refractivity contribution in [2.45, 2.75) is 32.4 Å². The van der Waals surface area contributed by atoms with E-state index in [1.807, 2.05) is 13.8 Å². The maximum absolute atomic E-state index is 13.9. The fourth-order valence-electron chi connectivity index (χ4n) is 5.20. The van der Waals surface area contributed by atoms with Gasteiger partial charge in [0.1, 0.15) is 5.58 Å². The molecule has 190 valence electrons. The van der Waals surface area contributed by atoms with Gasteiger partial charge in [-0.2, -0.15) is 0 Å². The van der Waals surface area contributed by atoms with Crippen molar-refractivity contribution in [2.75, 3.05) is 32.8 Å². The van der Waals surface area contributed by atoms with E-state index in [1.54, 1.807) is 24.3 Å². The number of hydrogen-bond acceptors (Lipinski definition) is 8. The zero-order chi connectivity index (χ0) is 25.9. The average Bonchev–Trinajstić information content (AvgIpc) is 3.35. The molecule has 0 bridgehead atoms. The molecule has 9 nitrogen and oxygen atoms in total. The van der Waals surface area contributed by atoms with Gasteiger partial charge >= 0.3 is 0 Å². The summed E-state index contributed by atoms with van der Waals surface area (Å²) >= 11 is 0. The van der Waals surface area contributed by atoms with Gasteiger partial charge < -0.3 is 23.5 Å². The molecule has 1 aromatic heterocycles. The third kappa shape index (κ3) is 3.62. The highest BCUT2D eigenvalue weighted by atomic mass is 32.2. The highest BCUT2D eigenvalue weighted by Gasteiger charge is 2.48. The third-order valence-corrected chi connectivity index (χ3v) is 8.88. The summed E-state index contributed by atoms with van der Waals surface area (Å²) in [6.45, 7) is 3.80. The van der Waals surface area contributed by atoms with Gasteiger partial charge in [0.2, 0.25) is 11.5 Å². The van der Waals surface area contributed by atoms with Crippen LogP contribution in [0.3, 0.4) is 0 Å². The second-order valence-electron chi connectivity index (χ2n) is 9.24. The molecular weight excluding hydrogens is 486 g/mol. The molecule has 2 aromatic carbocycles. The Balaban J connectivity index is 1.81. The van der Waals surface area contributed by atoms with E-state index in [0.717, 1.165) is 11.1 Å². The first-order chi connectivity index (χ1) is 17.1. The SMILES string of the molecule is COc1cc(C2c3c(oc4cc(C)c(C)cc4c3=O)C(=O)N2C2CCS(=O)(=O)C2)cc(OC)c1OC. The molecule has 2 aliphatic rings. The van der Waals surface area contributed by atoms with E-state index in [4.69, 9.17) is 18.6 Å². The number of hydrogen-bond donors (Lipinski definition) is 0. The number of carbonyl (C=O) groups excluding carboxylic acids is 1. The van der Waals surface area contributed by atoms with Crippen LogP contribution in [0.2, 0.25) is 0 Å². The zero-order valence-electron chi connectivity index (χ0n) is 20.7. The van der Waals surface area contributed by atoms with E-state index in [0.29, 0.717) is 33.8 Å². The van der Waals surface area contributed by atoms with Gasteiger partial charge in [0, 0.05) is 6.04 Å². The van der Waals surface area contributed by atoms with E-state index in [9.17, 15) is 18.0 Å². The summed E-state index contributed by atoms with van der Waals surface area (Å²) in [5.41, 5.74) is 2.54. The number of methoxy groups -OCH3 is 3. The number of carbonyl (C=O) groups is 1. The van der Waals surface area contributed by atoms with E-state index < -0.39 is 27.8 Å². The van der Waals surface area contributed by atoms with Crippen molar-refractivity contribution in [1.82, 2.24) is 4.90 Å². The minimum Gasteiger partial charge on any atom is -0.493 e. The summed E-state index contributed by atoms with van der Waals surface area (Å²) in [4.78, 5) is 29.1. The van der Waals surface area contributed by atoms with E-state index in [2.05, 4.69) is 0 Å². The van der Waals surface area contributed by atoms with Gasteiger partial charge in [-0.25, -0.2) is 8.42 Å². The summed E-state index contributed by atoms with van der Waals surface area (Å²) in [5, 5.41) is 0.364. The largest absolute Gasteiger partial charge is 0.493 e. The van der Waals surface area contributed by atoms with Crippen LogP contribution in [0, 0.1) is 13.8 Å². The summed E-state index contributed by atoms with van der Waals surface area (Å²) in [7, 11) is 1.12. The Hall–Kier alpha value is -3.53. The van der Waals surface area contributed by atoms with Crippen molar-refractivity contribution in [1.29, 1.82) is 0 Å². The normalized spacial score (nSPS) is 20.6. The van der Waals surface area contributed by atoms with Crippen LogP contribution in [-0.2, 0) is 9.84 Å². The third-order valence-electron chi connectivity index (χ3n) is 7.13. The van der Waals surface area contributed by atoms with Crippen LogP contribution in [0.25, 0.3) is 11.0 Å². The Kier molecular flexibility index (Phi) is 5.74. The van der Waals surface area contributed by atoms with Crippen molar-refractivity contribution in [3.8, 4) is 17.2 Å². The van der Waals surface area contributed by atoms with Crippen molar-refractivity contribution < 1.29 is 31.8 Å². The smallest absolute Gasteiger partial charge is 0.291 e. The van der Waals surface area contributed by atoms with Crippen molar-refractivity contribution in [3.63, 3.8) is 0 Å². The summed E-state index contributed by atoms with van der Waals surface area (Å²) in [6, 6.07) is 5.36. The number of amides is 1. The first kappa shape index (κ1) is 24.2. The Morgan fingerprint density at radius 2 is 1.58 bits per heavy atom. The lowest BCUT2D eigenvalue weighted by Crippen LogP contribution is -2.40. The molecule has 1 fully saturated rings. The van der Waals surface area contributed by atoms with Gasteiger partial charge in [-0.3, -0.25) is 9.59 Å². The predicted molar refractivity (Wildman–Crippen MR) is 133 cm³/mol. The van der Waals surface area contributed by atoms with Gasteiger partial charge in [-0.15, -0.1) is 0 Å². The molecule has 0 N–H and O–H groups in total. The second kappa shape index (κ2) is 8.55. The van der Waals surface area contributed by atoms with Gasteiger partial charge in [0.05, 0.1) is 49.8 Å². The van der Waals surface area contributed by atoms with E-state index in [1.165, 1.54) is 26.2 Å². The van der Waals surface area contributed by atoms with Crippen LogP contribution in [0.5, 0.6) is 17.2 Å². The Morgan fingerprint density at radius 1 is 0.944 bits per heavy atom. The molecule has 10 heteroatoms. The molecule has 1 saturated heterocycles.